The van der Waals surface area contributed by atoms with Crippen molar-refractivity contribution in [3.8, 4) is 0 Å². The van der Waals surface area contributed by atoms with E-state index in [-0.39, 0.29) is 31.1 Å². The predicted octanol–water partition coefficient (Wildman–Crippen LogP) is 23.7. The fourth-order valence-electron chi connectivity index (χ4n) is 10.3. The molecule has 0 aromatic carbocycles. The zero-order chi connectivity index (χ0) is 56.4. The van der Waals surface area contributed by atoms with Crippen LogP contribution in [0.15, 0.2) is 48.6 Å². The van der Waals surface area contributed by atoms with Crippen LogP contribution < -0.4 is 0 Å². The maximum Gasteiger partial charge on any atom is 0.306 e. The molecule has 0 amide bonds. The van der Waals surface area contributed by atoms with Gasteiger partial charge >= 0.3 is 17.9 Å². The van der Waals surface area contributed by atoms with Crippen molar-refractivity contribution >= 4 is 17.9 Å². The maximum atomic E-state index is 12.9. The van der Waals surface area contributed by atoms with Crippen LogP contribution >= 0.6 is 0 Å². The molecule has 0 aliphatic heterocycles. The van der Waals surface area contributed by atoms with Gasteiger partial charge in [-0.3, -0.25) is 14.4 Å². The zero-order valence-corrected chi connectivity index (χ0v) is 52.5. The van der Waals surface area contributed by atoms with Crippen LogP contribution in [0.4, 0.5) is 0 Å². The van der Waals surface area contributed by atoms with Crippen molar-refractivity contribution in [3.05, 3.63) is 48.6 Å². The largest absolute Gasteiger partial charge is 0.462 e. The quantitative estimate of drug-likeness (QED) is 0.0261. The van der Waals surface area contributed by atoms with Crippen molar-refractivity contribution < 1.29 is 28.6 Å². The van der Waals surface area contributed by atoms with Crippen molar-refractivity contribution in [2.75, 3.05) is 13.2 Å². The van der Waals surface area contributed by atoms with Crippen LogP contribution in [0, 0.1) is 0 Å². The topological polar surface area (TPSA) is 78.9 Å². The van der Waals surface area contributed by atoms with Crippen molar-refractivity contribution in [2.24, 2.45) is 0 Å². The highest BCUT2D eigenvalue weighted by Gasteiger charge is 2.19. The molecule has 0 heterocycles. The monoisotopic (exact) mass is 1090 g/mol. The van der Waals surface area contributed by atoms with E-state index >= 15 is 0 Å². The molecule has 0 bridgehead atoms. The molecule has 6 heteroatoms. The number of carbonyl (C=O) groups is 3. The Labute approximate surface area is 486 Å². The highest BCUT2D eigenvalue weighted by Crippen LogP contribution is 2.18. The molecule has 78 heavy (non-hydrogen) atoms. The van der Waals surface area contributed by atoms with Crippen molar-refractivity contribution in [1.29, 1.82) is 0 Å². The van der Waals surface area contributed by atoms with Gasteiger partial charge < -0.3 is 14.2 Å². The summed E-state index contributed by atoms with van der Waals surface area (Å²) in [6.45, 7) is 6.64. The van der Waals surface area contributed by atoms with Gasteiger partial charge in [-0.1, -0.05) is 320 Å². The number of carbonyl (C=O) groups excluding carboxylic acids is 3. The van der Waals surface area contributed by atoms with Gasteiger partial charge in [-0.05, 0) is 83.5 Å². The first-order chi connectivity index (χ1) is 38.5. The molecule has 0 N–H and O–H groups in total. The number of ether oxygens (including phenoxy) is 3. The molecule has 0 saturated heterocycles. The predicted molar refractivity (Wildman–Crippen MR) is 339 cm³/mol. The molecule has 456 valence electrons. The molecule has 1 atom stereocenters. The number of hydrogen-bond donors (Lipinski definition) is 0. The minimum absolute atomic E-state index is 0.0713. The molecule has 0 aromatic heterocycles. The molecule has 6 nitrogen and oxygen atoms in total. The summed E-state index contributed by atoms with van der Waals surface area (Å²) in [5.41, 5.74) is 0. The molecule has 0 radical (unpaired) electrons. The molecular weight excluding hydrogens is 961 g/mol. The van der Waals surface area contributed by atoms with Crippen LogP contribution in [0.3, 0.4) is 0 Å². The second kappa shape index (κ2) is 66.9. The molecule has 0 aliphatic rings. The van der Waals surface area contributed by atoms with E-state index in [1.54, 1.807) is 0 Å². The smallest absolute Gasteiger partial charge is 0.306 e. The van der Waals surface area contributed by atoms with Gasteiger partial charge in [0.25, 0.3) is 0 Å². The molecule has 0 fully saturated rings. The lowest BCUT2D eigenvalue weighted by Crippen LogP contribution is -2.30. The van der Waals surface area contributed by atoms with Crippen LogP contribution in [-0.2, 0) is 28.6 Å². The Kier molecular flexibility index (Phi) is 64.6. The summed E-state index contributed by atoms with van der Waals surface area (Å²) in [6, 6.07) is 0. The Bertz CT molecular complexity index is 1350. The number of unbranched alkanes of at least 4 members (excludes halogenated alkanes) is 45. The van der Waals surface area contributed by atoms with Crippen molar-refractivity contribution in [2.45, 2.75) is 380 Å². The number of allylic oxidation sites excluding steroid dienone is 8. The molecule has 0 rings (SSSR count). The first kappa shape index (κ1) is 75.4. The van der Waals surface area contributed by atoms with Crippen LogP contribution in [0.2, 0.25) is 0 Å². The average molecular weight is 1090 g/mol. The van der Waals surface area contributed by atoms with Crippen LogP contribution in [0.25, 0.3) is 0 Å². The van der Waals surface area contributed by atoms with Gasteiger partial charge in [0.1, 0.15) is 13.2 Å². The summed E-state index contributed by atoms with van der Waals surface area (Å²) in [6.07, 6.45) is 84.4. The Morgan fingerprint density at radius 3 is 0.718 bits per heavy atom. The Hall–Kier alpha value is -2.63. The van der Waals surface area contributed by atoms with Crippen LogP contribution in [0.5, 0.6) is 0 Å². The summed E-state index contributed by atoms with van der Waals surface area (Å²) in [4.78, 5) is 38.2. The highest BCUT2D eigenvalue weighted by molar-refractivity contribution is 5.71. The zero-order valence-electron chi connectivity index (χ0n) is 52.5. The molecule has 1 unspecified atom stereocenters. The summed E-state index contributed by atoms with van der Waals surface area (Å²) in [5, 5.41) is 0. The number of hydrogen-bond acceptors (Lipinski definition) is 6. The fourth-order valence-corrected chi connectivity index (χ4v) is 10.3. The lowest BCUT2D eigenvalue weighted by atomic mass is 10.0. The van der Waals surface area contributed by atoms with E-state index < -0.39 is 6.10 Å². The summed E-state index contributed by atoms with van der Waals surface area (Å²) >= 11 is 0. The van der Waals surface area contributed by atoms with E-state index in [9.17, 15) is 14.4 Å². The fraction of sp³-hybridized carbons (Fsp3) is 0.847. The van der Waals surface area contributed by atoms with Crippen LogP contribution in [0.1, 0.15) is 374 Å². The molecule has 0 aliphatic carbocycles. The van der Waals surface area contributed by atoms with E-state index in [1.165, 1.54) is 257 Å². The van der Waals surface area contributed by atoms with Gasteiger partial charge in [-0.25, -0.2) is 0 Å². The maximum absolute atomic E-state index is 12.9. The Morgan fingerprint density at radius 1 is 0.256 bits per heavy atom. The molecule has 0 aromatic rings. The first-order valence-corrected chi connectivity index (χ1v) is 34.6. The van der Waals surface area contributed by atoms with E-state index in [0.29, 0.717) is 19.3 Å². The van der Waals surface area contributed by atoms with Crippen LogP contribution in [-0.4, -0.2) is 37.2 Å². The summed E-state index contributed by atoms with van der Waals surface area (Å²) < 4.78 is 16.9. The van der Waals surface area contributed by atoms with Gasteiger partial charge in [0.2, 0.25) is 0 Å². The molecular formula is C72H132O6. The third-order valence-corrected chi connectivity index (χ3v) is 15.6. The van der Waals surface area contributed by atoms with Gasteiger partial charge in [-0.15, -0.1) is 0 Å². The van der Waals surface area contributed by atoms with Gasteiger partial charge in [0.05, 0.1) is 0 Å². The average Bonchev–Trinajstić information content (AvgIpc) is 3.44. The number of esters is 3. The van der Waals surface area contributed by atoms with E-state index in [2.05, 4.69) is 69.4 Å². The summed E-state index contributed by atoms with van der Waals surface area (Å²) in [7, 11) is 0. The molecule has 0 spiro atoms. The van der Waals surface area contributed by atoms with Crippen molar-refractivity contribution in [3.63, 3.8) is 0 Å². The minimum atomic E-state index is -0.773. The highest BCUT2D eigenvalue weighted by atomic mass is 16.6. The lowest BCUT2D eigenvalue weighted by Gasteiger charge is -2.18. The lowest BCUT2D eigenvalue weighted by molar-refractivity contribution is -0.167. The van der Waals surface area contributed by atoms with E-state index in [1.807, 2.05) is 0 Å². The third-order valence-electron chi connectivity index (χ3n) is 15.6. The van der Waals surface area contributed by atoms with Gasteiger partial charge in [0.15, 0.2) is 6.10 Å². The standard InChI is InChI=1S/C72H132O6/c1-4-7-10-13-16-19-21-23-25-27-29-30-31-32-33-34-35-36-37-38-39-40-41-42-43-45-46-48-50-53-56-59-62-65-71(74)77-68-69(67-76-70(73)64-61-58-55-52-18-15-12-9-6-3)78-72(75)66-63-60-57-54-51-49-47-44-28-26-24-22-20-17-14-11-8-5-2/h20-23,26-29,69H,4-19,24-25,30-68H2,1-3H3/b22-20-,23-21-,28-26-,29-27-. The van der Waals surface area contributed by atoms with Gasteiger partial charge in [0, 0.05) is 19.3 Å². The number of rotatable bonds is 64. The van der Waals surface area contributed by atoms with E-state index in [0.717, 1.165) is 77.0 Å². The third kappa shape index (κ3) is 64.2. The second-order valence-corrected chi connectivity index (χ2v) is 23.4. The molecule has 0 saturated carbocycles. The first-order valence-electron chi connectivity index (χ1n) is 34.6. The second-order valence-electron chi connectivity index (χ2n) is 23.4. The normalized spacial score (nSPS) is 12.3. The minimum Gasteiger partial charge on any atom is -0.462 e. The van der Waals surface area contributed by atoms with E-state index in [4.69, 9.17) is 14.2 Å². The van der Waals surface area contributed by atoms with Crippen molar-refractivity contribution in [1.82, 2.24) is 0 Å². The Balaban J connectivity index is 4.04. The van der Waals surface area contributed by atoms with Gasteiger partial charge in [-0.2, -0.15) is 0 Å². The Morgan fingerprint density at radius 2 is 0.462 bits per heavy atom. The SMILES string of the molecule is CCCCCC/C=C\C/C=C\CCCCCCCCCC(=O)OC(COC(=O)CCCCCCCCCCC)COC(=O)CCCCCCCCCCCCCCCCCCCCCCC/C=C\C/C=C\CCCCCCC. The summed E-state index contributed by atoms with van der Waals surface area (Å²) in [5.74, 6) is -0.860.